The Balaban J connectivity index is 1.53. The summed E-state index contributed by atoms with van der Waals surface area (Å²) in [5.41, 5.74) is 1.12. The monoisotopic (exact) mass is 408 g/mol. The van der Waals surface area contributed by atoms with E-state index in [1.165, 1.54) is 0 Å². The minimum Gasteiger partial charge on any atom is -0.467 e. The van der Waals surface area contributed by atoms with Crippen LogP contribution in [0.1, 0.15) is 61.7 Å². The van der Waals surface area contributed by atoms with Crippen LogP contribution < -0.4 is 5.32 Å². The van der Waals surface area contributed by atoms with Crippen LogP contribution in [0, 0.1) is 23.2 Å². The zero-order valence-electron chi connectivity index (χ0n) is 18.0. The van der Waals surface area contributed by atoms with Crippen LogP contribution in [0.15, 0.2) is 52.2 Å². The summed E-state index contributed by atoms with van der Waals surface area (Å²) in [4.78, 5) is 31.0. The molecule has 2 saturated carbocycles. The molecule has 4 rings (SSSR count). The van der Waals surface area contributed by atoms with Crippen molar-refractivity contribution in [3.05, 3.63) is 59.5 Å². The number of nitrogens with zero attached hydrogens (tertiary/aromatic N) is 1. The Labute approximate surface area is 176 Å². The Morgan fingerprint density at radius 3 is 2.53 bits per heavy atom. The minimum atomic E-state index is -0.580. The van der Waals surface area contributed by atoms with Gasteiger partial charge in [-0.1, -0.05) is 43.6 Å². The van der Waals surface area contributed by atoms with E-state index in [2.05, 4.69) is 31.2 Å². The second-order valence-electron chi connectivity index (χ2n) is 9.26. The molecule has 2 fully saturated rings. The van der Waals surface area contributed by atoms with E-state index in [4.69, 9.17) is 9.25 Å². The van der Waals surface area contributed by atoms with Crippen molar-refractivity contribution >= 4 is 17.6 Å². The summed E-state index contributed by atoms with van der Waals surface area (Å²) in [6, 6.07) is 10.8. The number of oxime groups is 1. The number of rotatable bonds is 5. The largest absolute Gasteiger partial charge is 0.467 e. The number of fused-ring (bicyclic) bond motifs is 2. The average Bonchev–Trinajstić information content (AvgIpc) is 3.35. The van der Waals surface area contributed by atoms with Crippen molar-refractivity contribution in [1.29, 1.82) is 0 Å². The van der Waals surface area contributed by atoms with Gasteiger partial charge < -0.3 is 14.6 Å². The molecule has 2 aliphatic carbocycles. The molecule has 0 radical (unpaired) electrons. The lowest BCUT2D eigenvalue weighted by atomic mass is 9.64. The van der Waals surface area contributed by atoms with E-state index in [1.54, 1.807) is 24.5 Å². The van der Waals surface area contributed by atoms with E-state index >= 15 is 0 Å². The van der Waals surface area contributed by atoms with Gasteiger partial charge >= 0.3 is 5.97 Å². The maximum absolute atomic E-state index is 13.3. The average molecular weight is 408 g/mol. The SMILES string of the molecule is Cc1ccc(C(=O)ON=C2CC3(C(=O)NCc4ccco4)CCC2(C)C3(C)C)cc1. The van der Waals surface area contributed by atoms with Crippen LogP contribution in [0.3, 0.4) is 0 Å². The second kappa shape index (κ2) is 7.11. The molecule has 0 spiro atoms. The lowest BCUT2D eigenvalue weighted by Crippen LogP contribution is -2.46. The van der Waals surface area contributed by atoms with Gasteiger partial charge in [-0.05, 0) is 49.4 Å². The molecule has 2 aromatic rings. The summed E-state index contributed by atoms with van der Waals surface area (Å²) in [6.07, 6.45) is 3.70. The van der Waals surface area contributed by atoms with Gasteiger partial charge in [0.25, 0.3) is 0 Å². The fraction of sp³-hybridized carbons (Fsp3) is 0.458. The van der Waals surface area contributed by atoms with Gasteiger partial charge in [0.05, 0.1) is 29.5 Å². The highest BCUT2D eigenvalue weighted by atomic mass is 16.7. The van der Waals surface area contributed by atoms with Crippen molar-refractivity contribution in [2.24, 2.45) is 21.4 Å². The van der Waals surface area contributed by atoms with Gasteiger partial charge in [-0.15, -0.1) is 0 Å². The van der Waals surface area contributed by atoms with Crippen LogP contribution in [-0.4, -0.2) is 17.6 Å². The zero-order chi connectivity index (χ0) is 21.6. The molecule has 2 bridgehead atoms. The first-order valence-electron chi connectivity index (χ1n) is 10.4. The van der Waals surface area contributed by atoms with Gasteiger partial charge in [0.15, 0.2) is 0 Å². The number of hydrogen-bond acceptors (Lipinski definition) is 5. The van der Waals surface area contributed by atoms with Crippen molar-refractivity contribution in [2.45, 2.75) is 53.5 Å². The Hall–Kier alpha value is -2.89. The molecule has 1 N–H and O–H groups in total. The normalized spacial score (nSPS) is 27.9. The van der Waals surface area contributed by atoms with Crippen LogP contribution in [0.2, 0.25) is 0 Å². The number of aryl methyl sites for hydroxylation is 1. The van der Waals surface area contributed by atoms with E-state index in [0.717, 1.165) is 29.9 Å². The molecule has 2 aliphatic rings. The maximum atomic E-state index is 13.3. The highest BCUT2D eigenvalue weighted by molar-refractivity contribution is 6.02. The number of furan rings is 1. The molecule has 158 valence electrons. The van der Waals surface area contributed by atoms with E-state index in [1.807, 2.05) is 25.1 Å². The number of amides is 1. The lowest BCUT2D eigenvalue weighted by Gasteiger charge is -2.39. The number of benzene rings is 1. The van der Waals surface area contributed by atoms with Crippen LogP contribution >= 0.6 is 0 Å². The molecule has 1 amide bonds. The smallest absolute Gasteiger partial charge is 0.365 e. The zero-order valence-corrected chi connectivity index (χ0v) is 18.0. The van der Waals surface area contributed by atoms with Crippen molar-refractivity contribution in [2.75, 3.05) is 0 Å². The standard InChI is InChI=1S/C24H28N2O4/c1-16-7-9-17(10-8-16)20(27)30-26-19-14-24(12-11-23(19,4)22(24,2)3)21(28)25-15-18-6-5-13-29-18/h5-10,13H,11-12,14-15H2,1-4H3,(H,25,28). The molecule has 6 nitrogen and oxygen atoms in total. The van der Waals surface area contributed by atoms with Crippen molar-refractivity contribution in [3.63, 3.8) is 0 Å². The van der Waals surface area contributed by atoms with Gasteiger partial charge in [-0.2, -0.15) is 0 Å². The molecule has 30 heavy (non-hydrogen) atoms. The number of carbonyl (C=O) groups is 2. The summed E-state index contributed by atoms with van der Waals surface area (Å²) in [6.45, 7) is 8.69. The summed E-state index contributed by atoms with van der Waals surface area (Å²) in [7, 11) is 0. The van der Waals surface area contributed by atoms with Crippen LogP contribution in [0.5, 0.6) is 0 Å². The van der Waals surface area contributed by atoms with Gasteiger partial charge in [-0.25, -0.2) is 4.79 Å². The van der Waals surface area contributed by atoms with Gasteiger partial charge in [0, 0.05) is 11.8 Å². The number of hydrogen-bond donors (Lipinski definition) is 1. The third-order valence-corrected chi connectivity index (χ3v) is 7.70. The van der Waals surface area contributed by atoms with Crippen molar-refractivity contribution in [3.8, 4) is 0 Å². The first-order valence-corrected chi connectivity index (χ1v) is 10.4. The van der Waals surface area contributed by atoms with Gasteiger partial charge in [0.1, 0.15) is 5.76 Å². The van der Waals surface area contributed by atoms with E-state index in [-0.39, 0.29) is 16.7 Å². The second-order valence-corrected chi connectivity index (χ2v) is 9.26. The molecule has 2 atom stereocenters. The van der Waals surface area contributed by atoms with E-state index in [9.17, 15) is 9.59 Å². The Kier molecular flexibility index (Phi) is 4.83. The maximum Gasteiger partial charge on any atom is 0.365 e. The van der Waals surface area contributed by atoms with Crippen LogP contribution in [0.4, 0.5) is 0 Å². The molecule has 1 heterocycles. The third-order valence-electron chi connectivity index (χ3n) is 7.70. The molecule has 0 saturated heterocycles. The highest BCUT2D eigenvalue weighted by Crippen LogP contribution is 2.71. The Morgan fingerprint density at radius 1 is 1.13 bits per heavy atom. The Bertz CT molecular complexity index is 991. The van der Waals surface area contributed by atoms with Crippen LogP contribution in [0.25, 0.3) is 0 Å². The fourth-order valence-electron chi connectivity index (χ4n) is 5.11. The molecule has 1 aromatic carbocycles. The van der Waals surface area contributed by atoms with Gasteiger partial charge in [-0.3, -0.25) is 4.79 Å². The summed E-state index contributed by atoms with van der Waals surface area (Å²) in [5, 5.41) is 7.32. The highest BCUT2D eigenvalue weighted by Gasteiger charge is 2.71. The van der Waals surface area contributed by atoms with E-state index < -0.39 is 11.4 Å². The van der Waals surface area contributed by atoms with Crippen LogP contribution in [-0.2, 0) is 16.2 Å². The molecule has 0 aliphatic heterocycles. The molecule has 6 heteroatoms. The topological polar surface area (TPSA) is 80.9 Å². The number of nitrogens with one attached hydrogen (secondary N) is 1. The summed E-state index contributed by atoms with van der Waals surface area (Å²) < 4.78 is 5.33. The first kappa shape index (κ1) is 20.4. The summed E-state index contributed by atoms with van der Waals surface area (Å²) in [5.74, 6) is 0.239. The van der Waals surface area contributed by atoms with Crippen molar-refractivity contribution in [1.82, 2.24) is 5.32 Å². The number of carbonyl (C=O) groups excluding carboxylic acids is 2. The lowest BCUT2D eigenvalue weighted by molar-refractivity contribution is -0.136. The Morgan fingerprint density at radius 2 is 1.87 bits per heavy atom. The summed E-state index contributed by atoms with van der Waals surface area (Å²) >= 11 is 0. The van der Waals surface area contributed by atoms with Gasteiger partial charge in [0.2, 0.25) is 5.91 Å². The molecular formula is C24H28N2O4. The molecular weight excluding hydrogens is 380 g/mol. The fourth-order valence-corrected chi connectivity index (χ4v) is 5.11. The molecule has 2 unspecified atom stereocenters. The van der Waals surface area contributed by atoms with E-state index in [0.29, 0.717) is 18.5 Å². The minimum absolute atomic E-state index is 0.00249. The first-order chi connectivity index (χ1) is 14.2. The predicted molar refractivity (Wildman–Crippen MR) is 113 cm³/mol. The quantitative estimate of drug-likeness (QED) is 0.578. The van der Waals surface area contributed by atoms with Crippen molar-refractivity contribution < 1.29 is 18.8 Å². The predicted octanol–water partition coefficient (Wildman–Crippen LogP) is 4.63. The molecule has 1 aromatic heterocycles. The third kappa shape index (κ3) is 2.97.